The van der Waals surface area contributed by atoms with E-state index in [2.05, 4.69) is 4.98 Å². The average Bonchev–Trinajstić information content (AvgIpc) is 2.64. The van der Waals surface area contributed by atoms with Gasteiger partial charge in [0.15, 0.2) is 0 Å². The Balaban J connectivity index is 2.19. The van der Waals surface area contributed by atoms with Crippen LogP contribution in [0, 0.1) is 0 Å². The number of Topliss-reactive ketones (excluding diaryl/α,β-unsaturated/α-hetero) is 1. The first-order valence-corrected chi connectivity index (χ1v) is 7.02. The summed E-state index contributed by atoms with van der Waals surface area (Å²) in [6.07, 6.45) is 3.08. The van der Waals surface area contributed by atoms with Crippen LogP contribution >= 0.6 is 11.8 Å². The number of para-hydroxylation sites is 2. The number of nitrogens with zero attached hydrogens (tertiary/aromatic N) is 2. The highest BCUT2D eigenvalue weighted by molar-refractivity contribution is 7.98. The van der Waals surface area contributed by atoms with E-state index < -0.39 is 0 Å². The SMILES string of the molecule is CSCCC(=O)Cc1nc2ccccc2n1C. The maximum Gasteiger partial charge on any atom is 0.141 e. The van der Waals surface area contributed by atoms with Crippen molar-refractivity contribution in [3.63, 3.8) is 0 Å². The van der Waals surface area contributed by atoms with Gasteiger partial charge in [0.05, 0.1) is 17.5 Å². The molecule has 0 N–H and O–H groups in total. The number of fused-ring (bicyclic) bond motifs is 1. The minimum atomic E-state index is 0.262. The Morgan fingerprint density at radius 1 is 1.41 bits per heavy atom. The molecule has 0 unspecified atom stereocenters. The second-order valence-corrected chi connectivity index (χ2v) is 5.02. The third-order valence-corrected chi connectivity index (χ3v) is 3.43. The molecule has 4 heteroatoms. The molecule has 2 aromatic rings. The molecule has 0 aliphatic heterocycles. The third kappa shape index (κ3) is 2.69. The van der Waals surface area contributed by atoms with Crippen molar-refractivity contribution in [2.75, 3.05) is 12.0 Å². The van der Waals surface area contributed by atoms with Gasteiger partial charge in [-0.2, -0.15) is 11.8 Å². The number of rotatable bonds is 5. The van der Waals surface area contributed by atoms with Crippen molar-refractivity contribution in [3.05, 3.63) is 30.1 Å². The van der Waals surface area contributed by atoms with Crippen LogP contribution in [-0.4, -0.2) is 27.3 Å². The smallest absolute Gasteiger partial charge is 0.141 e. The fourth-order valence-corrected chi connectivity index (χ4v) is 2.27. The standard InChI is InChI=1S/C13H16N2OS/c1-15-12-6-4-3-5-11(12)14-13(15)9-10(16)7-8-17-2/h3-6H,7-9H2,1-2H3. The van der Waals surface area contributed by atoms with E-state index >= 15 is 0 Å². The zero-order valence-electron chi connectivity index (χ0n) is 10.1. The first-order chi connectivity index (χ1) is 8.22. The molecule has 1 aromatic heterocycles. The fraction of sp³-hybridized carbons (Fsp3) is 0.385. The Morgan fingerprint density at radius 2 is 2.18 bits per heavy atom. The van der Waals surface area contributed by atoms with E-state index in [1.54, 1.807) is 11.8 Å². The number of aryl methyl sites for hydroxylation is 1. The van der Waals surface area contributed by atoms with E-state index in [0.717, 1.165) is 22.6 Å². The summed E-state index contributed by atoms with van der Waals surface area (Å²) in [6.45, 7) is 0. The highest BCUT2D eigenvalue weighted by atomic mass is 32.2. The van der Waals surface area contributed by atoms with Gasteiger partial charge in [-0.25, -0.2) is 4.98 Å². The summed E-state index contributed by atoms with van der Waals surface area (Å²) >= 11 is 1.70. The van der Waals surface area contributed by atoms with Gasteiger partial charge >= 0.3 is 0 Å². The maximum absolute atomic E-state index is 11.7. The lowest BCUT2D eigenvalue weighted by Gasteiger charge is -2.01. The zero-order valence-corrected chi connectivity index (χ0v) is 11.0. The van der Waals surface area contributed by atoms with Crippen molar-refractivity contribution in [2.24, 2.45) is 7.05 Å². The number of thioether (sulfide) groups is 1. The summed E-state index contributed by atoms with van der Waals surface area (Å²) in [4.78, 5) is 16.2. The van der Waals surface area contributed by atoms with Gasteiger partial charge in [0.25, 0.3) is 0 Å². The zero-order chi connectivity index (χ0) is 12.3. The number of hydrogen-bond donors (Lipinski definition) is 0. The highest BCUT2D eigenvalue weighted by Crippen LogP contribution is 2.15. The van der Waals surface area contributed by atoms with Crippen LogP contribution in [0.4, 0.5) is 0 Å². The summed E-state index contributed by atoms with van der Waals surface area (Å²) in [6, 6.07) is 7.96. The predicted octanol–water partition coefficient (Wildman–Crippen LogP) is 2.44. The molecule has 0 saturated heterocycles. The van der Waals surface area contributed by atoms with Crippen molar-refractivity contribution >= 4 is 28.6 Å². The normalized spacial score (nSPS) is 10.9. The lowest BCUT2D eigenvalue weighted by Crippen LogP contribution is -2.08. The minimum absolute atomic E-state index is 0.262. The van der Waals surface area contributed by atoms with Crippen LogP contribution in [0.3, 0.4) is 0 Å². The number of aromatic nitrogens is 2. The van der Waals surface area contributed by atoms with Crippen LogP contribution < -0.4 is 0 Å². The van der Waals surface area contributed by atoms with Crippen LogP contribution in [0.25, 0.3) is 11.0 Å². The molecule has 0 atom stereocenters. The lowest BCUT2D eigenvalue weighted by atomic mass is 10.2. The minimum Gasteiger partial charge on any atom is -0.331 e. The topological polar surface area (TPSA) is 34.9 Å². The van der Waals surface area contributed by atoms with Crippen molar-refractivity contribution in [3.8, 4) is 0 Å². The van der Waals surface area contributed by atoms with Crippen molar-refractivity contribution in [1.82, 2.24) is 9.55 Å². The molecular weight excluding hydrogens is 232 g/mol. The highest BCUT2D eigenvalue weighted by Gasteiger charge is 2.10. The molecule has 2 rings (SSSR count). The summed E-state index contributed by atoms with van der Waals surface area (Å²) in [5.74, 6) is 2.01. The molecule has 0 spiro atoms. The van der Waals surface area contributed by atoms with Gasteiger partial charge in [0.1, 0.15) is 11.6 Å². The van der Waals surface area contributed by atoms with Gasteiger partial charge in [-0.1, -0.05) is 12.1 Å². The number of hydrogen-bond acceptors (Lipinski definition) is 3. The van der Waals surface area contributed by atoms with E-state index in [4.69, 9.17) is 0 Å². The van der Waals surface area contributed by atoms with Gasteiger partial charge in [0, 0.05) is 13.5 Å². The largest absolute Gasteiger partial charge is 0.331 e. The van der Waals surface area contributed by atoms with E-state index in [9.17, 15) is 4.79 Å². The predicted molar refractivity (Wildman–Crippen MR) is 72.4 cm³/mol. The molecule has 0 amide bonds. The molecule has 17 heavy (non-hydrogen) atoms. The molecular formula is C13H16N2OS. The number of carbonyl (C=O) groups excluding carboxylic acids is 1. The van der Waals surface area contributed by atoms with Crippen molar-refractivity contribution < 1.29 is 4.79 Å². The van der Waals surface area contributed by atoms with Crippen LogP contribution in [0.5, 0.6) is 0 Å². The Bertz CT molecular complexity index is 533. The molecule has 0 aliphatic carbocycles. The first kappa shape index (κ1) is 12.2. The molecule has 0 radical (unpaired) electrons. The third-order valence-electron chi connectivity index (χ3n) is 2.82. The van der Waals surface area contributed by atoms with Crippen LogP contribution in [0.2, 0.25) is 0 Å². The molecule has 90 valence electrons. The molecule has 0 fully saturated rings. The van der Waals surface area contributed by atoms with E-state index in [-0.39, 0.29) is 5.78 Å². The number of benzene rings is 1. The second kappa shape index (κ2) is 5.36. The van der Waals surface area contributed by atoms with Gasteiger partial charge in [-0.3, -0.25) is 4.79 Å². The monoisotopic (exact) mass is 248 g/mol. The van der Waals surface area contributed by atoms with E-state index in [1.165, 1.54) is 0 Å². The van der Waals surface area contributed by atoms with Gasteiger partial charge < -0.3 is 4.57 Å². The number of imidazole rings is 1. The van der Waals surface area contributed by atoms with E-state index in [0.29, 0.717) is 12.8 Å². The molecule has 0 bridgehead atoms. The van der Waals surface area contributed by atoms with Crippen LogP contribution in [0.1, 0.15) is 12.2 Å². The quantitative estimate of drug-likeness (QED) is 0.815. The first-order valence-electron chi connectivity index (χ1n) is 5.63. The number of carbonyl (C=O) groups is 1. The molecule has 1 heterocycles. The fourth-order valence-electron chi connectivity index (χ4n) is 1.83. The lowest BCUT2D eigenvalue weighted by molar-refractivity contribution is -0.118. The summed E-state index contributed by atoms with van der Waals surface area (Å²) in [5, 5.41) is 0. The molecule has 0 saturated carbocycles. The Morgan fingerprint density at radius 3 is 2.88 bits per heavy atom. The van der Waals surface area contributed by atoms with Crippen LogP contribution in [-0.2, 0) is 18.3 Å². The van der Waals surface area contributed by atoms with Gasteiger partial charge in [0.2, 0.25) is 0 Å². The van der Waals surface area contributed by atoms with Gasteiger partial charge in [-0.15, -0.1) is 0 Å². The Hall–Kier alpha value is -1.29. The molecule has 1 aromatic carbocycles. The van der Waals surface area contributed by atoms with Crippen molar-refractivity contribution in [1.29, 1.82) is 0 Å². The van der Waals surface area contributed by atoms with Crippen molar-refractivity contribution in [2.45, 2.75) is 12.8 Å². The average molecular weight is 248 g/mol. The molecule has 3 nitrogen and oxygen atoms in total. The molecule has 0 aliphatic rings. The number of ketones is 1. The maximum atomic E-state index is 11.7. The van der Waals surface area contributed by atoms with Crippen LogP contribution in [0.15, 0.2) is 24.3 Å². The van der Waals surface area contributed by atoms with E-state index in [1.807, 2.05) is 42.1 Å². The summed E-state index contributed by atoms with van der Waals surface area (Å²) in [5.41, 5.74) is 2.04. The summed E-state index contributed by atoms with van der Waals surface area (Å²) in [7, 11) is 1.96. The Kier molecular flexibility index (Phi) is 3.84. The summed E-state index contributed by atoms with van der Waals surface area (Å²) < 4.78 is 2.01. The Labute approximate surface area is 105 Å². The van der Waals surface area contributed by atoms with Gasteiger partial charge in [-0.05, 0) is 24.1 Å². The second-order valence-electron chi connectivity index (χ2n) is 4.03.